The molecule has 188 valence electrons. The van der Waals surface area contributed by atoms with Gasteiger partial charge in [-0.1, -0.05) is 30.3 Å². The summed E-state index contributed by atoms with van der Waals surface area (Å²) in [4.78, 5) is 29.6. The number of ether oxygens (including phenoxy) is 2. The van der Waals surface area contributed by atoms with Gasteiger partial charge >= 0.3 is 0 Å². The van der Waals surface area contributed by atoms with Gasteiger partial charge in [-0.15, -0.1) is 0 Å². The molecular weight excluding hydrogens is 478 g/mol. The normalized spacial score (nSPS) is 26.5. The topological polar surface area (TPSA) is 71.1 Å². The van der Waals surface area contributed by atoms with Gasteiger partial charge in [-0.3, -0.25) is 14.5 Å². The van der Waals surface area contributed by atoms with Gasteiger partial charge in [-0.25, -0.2) is 0 Å². The second kappa shape index (κ2) is 9.45. The summed E-state index contributed by atoms with van der Waals surface area (Å²) in [5.74, 6) is 1.28. The molecule has 7 nitrogen and oxygen atoms in total. The van der Waals surface area contributed by atoms with E-state index in [1.165, 1.54) is 0 Å². The number of carbonyl (C=O) groups is 2. The molecule has 2 aromatic carbocycles. The summed E-state index contributed by atoms with van der Waals surface area (Å²) in [5.41, 5.74) is 2.29. The van der Waals surface area contributed by atoms with E-state index in [1.807, 2.05) is 42.5 Å². The summed E-state index contributed by atoms with van der Waals surface area (Å²) in [7, 11) is 0. The van der Waals surface area contributed by atoms with Gasteiger partial charge in [0, 0.05) is 36.9 Å². The second-order valence-electron chi connectivity index (χ2n) is 10.2. The Kier molecular flexibility index (Phi) is 6.13. The predicted molar refractivity (Wildman–Crippen MR) is 136 cm³/mol. The summed E-state index contributed by atoms with van der Waals surface area (Å²) in [5, 5.41) is 3.43. The maximum Gasteiger partial charge on any atom is 0.255 e. The van der Waals surface area contributed by atoms with Crippen LogP contribution in [0.25, 0.3) is 0 Å². The predicted octanol–water partition coefficient (Wildman–Crippen LogP) is 4.15. The van der Waals surface area contributed by atoms with Crippen molar-refractivity contribution in [1.82, 2.24) is 15.1 Å². The van der Waals surface area contributed by atoms with Crippen LogP contribution in [-0.4, -0.2) is 59.0 Å². The third-order valence-electron chi connectivity index (χ3n) is 7.79. The van der Waals surface area contributed by atoms with E-state index in [0.717, 1.165) is 49.4 Å². The minimum absolute atomic E-state index is 0.0897. The van der Waals surface area contributed by atoms with Crippen LogP contribution in [0.15, 0.2) is 54.7 Å². The smallest absolute Gasteiger partial charge is 0.255 e. The van der Waals surface area contributed by atoms with Crippen molar-refractivity contribution in [2.45, 2.75) is 62.9 Å². The Labute approximate surface area is 216 Å². The fourth-order valence-electron chi connectivity index (χ4n) is 5.88. The number of benzene rings is 2. The van der Waals surface area contributed by atoms with Gasteiger partial charge in [-0.2, -0.15) is 0 Å². The van der Waals surface area contributed by atoms with Gasteiger partial charge in [0.2, 0.25) is 5.91 Å². The molecule has 4 aliphatic rings. The number of piperidine rings is 1. The molecule has 8 heteroatoms. The lowest BCUT2D eigenvalue weighted by Crippen LogP contribution is -2.60. The number of likely N-dealkylation sites (tertiary alicyclic amines) is 1. The van der Waals surface area contributed by atoms with Crippen LogP contribution in [0, 0.1) is 0 Å². The minimum atomic E-state index is -0.452. The Morgan fingerprint density at radius 2 is 1.86 bits per heavy atom. The van der Waals surface area contributed by atoms with E-state index in [9.17, 15) is 9.59 Å². The van der Waals surface area contributed by atoms with E-state index in [2.05, 4.69) is 16.8 Å². The van der Waals surface area contributed by atoms with Crippen LogP contribution in [0.4, 0.5) is 0 Å². The average molecular weight is 508 g/mol. The van der Waals surface area contributed by atoms with Crippen LogP contribution < -0.4 is 14.8 Å². The van der Waals surface area contributed by atoms with Crippen LogP contribution in [-0.2, 0) is 11.3 Å². The quantitative estimate of drug-likeness (QED) is 0.636. The van der Waals surface area contributed by atoms with Gasteiger partial charge in [0.25, 0.3) is 5.91 Å². The van der Waals surface area contributed by atoms with E-state index in [4.69, 9.17) is 21.1 Å². The van der Waals surface area contributed by atoms with Crippen LogP contribution in [0.3, 0.4) is 0 Å². The molecule has 1 N–H and O–H groups in total. The number of nitrogens with zero attached hydrogens (tertiary/aromatic N) is 2. The summed E-state index contributed by atoms with van der Waals surface area (Å²) in [6.07, 6.45) is 4.77. The fraction of sp³-hybridized carbons (Fsp3) is 0.429. The highest BCUT2D eigenvalue weighted by atomic mass is 35.5. The molecular formula is C28H30ClN3O4. The Hall–Kier alpha value is -3.03. The molecule has 3 fully saturated rings. The van der Waals surface area contributed by atoms with Crippen LogP contribution in [0.1, 0.15) is 48.0 Å². The molecule has 0 spiro atoms. The minimum Gasteiger partial charge on any atom is -0.489 e. The lowest BCUT2D eigenvalue weighted by molar-refractivity contribution is -0.126. The highest BCUT2D eigenvalue weighted by molar-refractivity contribution is 6.32. The van der Waals surface area contributed by atoms with Crippen LogP contribution >= 0.6 is 11.6 Å². The van der Waals surface area contributed by atoms with Crippen molar-refractivity contribution < 1.29 is 19.1 Å². The molecule has 0 aromatic heterocycles. The maximum absolute atomic E-state index is 13.0. The van der Waals surface area contributed by atoms with Crippen LogP contribution in [0.5, 0.6) is 11.5 Å². The molecule has 3 aliphatic heterocycles. The van der Waals surface area contributed by atoms with Crippen molar-refractivity contribution in [3.05, 3.63) is 70.9 Å². The summed E-state index contributed by atoms with van der Waals surface area (Å²) in [6, 6.07) is 13.2. The Balaban J connectivity index is 1.07. The largest absolute Gasteiger partial charge is 0.489 e. The third-order valence-corrected chi connectivity index (χ3v) is 8.10. The lowest BCUT2D eigenvalue weighted by Gasteiger charge is -2.44. The first kappa shape index (κ1) is 23.4. The van der Waals surface area contributed by atoms with Crippen molar-refractivity contribution in [1.29, 1.82) is 0 Å². The summed E-state index contributed by atoms with van der Waals surface area (Å²) in [6.45, 7) is 5.98. The van der Waals surface area contributed by atoms with Crippen LogP contribution in [0.2, 0.25) is 5.02 Å². The summed E-state index contributed by atoms with van der Waals surface area (Å²) >= 11 is 6.24. The Morgan fingerprint density at radius 1 is 1.03 bits per heavy atom. The lowest BCUT2D eigenvalue weighted by atomic mass is 10.0. The average Bonchev–Trinajstić information content (AvgIpc) is 3.41. The first-order valence-electron chi connectivity index (χ1n) is 12.7. The number of hydrogen-bond acceptors (Lipinski definition) is 5. The number of hydrogen-bond donors (Lipinski definition) is 1. The Bertz CT molecular complexity index is 1210. The number of fused-ring (bicyclic) bond motifs is 1. The molecule has 3 heterocycles. The number of nitrogens with one attached hydrogen (secondary N) is 1. The zero-order valence-corrected chi connectivity index (χ0v) is 20.9. The van der Waals surface area contributed by atoms with Gasteiger partial charge in [0.05, 0.1) is 5.02 Å². The summed E-state index contributed by atoms with van der Waals surface area (Å²) < 4.78 is 12.5. The Morgan fingerprint density at radius 3 is 2.67 bits per heavy atom. The number of amides is 2. The molecule has 2 aromatic rings. The molecule has 1 aliphatic carbocycles. The molecule has 0 radical (unpaired) electrons. The number of para-hydroxylation sites is 1. The molecule has 36 heavy (non-hydrogen) atoms. The van der Waals surface area contributed by atoms with Gasteiger partial charge < -0.3 is 19.7 Å². The monoisotopic (exact) mass is 507 g/mol. The van der Waals surface area contributed by atoms with Gasteiger partial charge in [0.15, 0.2) is 0 Å². The highest BCUT2D eigenvalue weighted by Crippen LogP contribution is 2.35. The molecule has 2 amide bonds. The second-order valence-corrected chi connectivity index (χ2v) is 10.6. The molecule has 6 rings (SSSR count). The van der Waals surface area contributed by atoms with Crippen molar-refractivity contribution in [3.8, 4) is 11.5 Å². The molecule has 2 saturated heterocycles. The van der Waals surface area contributed by atoms with E-state index in [0.29, 0.717) is 41.7 Å². The van der Waals surface area contributed by atoms with E-state index < -0.39 is 6.04 Å². The number of rotatable bonds is 6. The first-order valence-corrected chi connectivity index (χ1v) is 13.1. The van der Waals surface area contributed by atoms with Crippen molar-refractivity contribution in [3.63, 3.8) is 0 Å². The van der Waals surface area contributed by atoms with E-state index >= 15 is 0 Å². The number of halogens is 1. The van der Waals surface area contributed by atoms with Gasteiger partial charge in [0.1, 0.15) is 29.7 Å². The molecule has 1 unspecified atom stereocenters. The molecule has 3 atom stereocenters. The van der Waals surface area contributed by atoms with Crippen molar-refractivity contribution in [2.24, 2.45) is 0 Å². The number of allylic oxidation sites excluding steroid dienone is 1. The maximum atomic E-state index is 13.0. The highest BCUT2D eigenvalue weighted by Gasteiger charge is 2.42. The van der Waals surface area contributed by atoms with Gasteiger partial charge in [-0.05, 0) is 68.0 Å². The van der Waals surface area contributed by atoms with Crippen molar-refractivity contribution in [2.75, 3.05) is 13.1 Å². The number of carbonyl (C=O) groups excluding carboxylic acids is 2. The van der Waals surface area contributed by atoms with E-state index in [1.54, 1.807) is 4.90 Å². The first-order chi connectivity index (χ1) is 17.5. The third kappa shape index (κ3) is 4.35. The molecule has 1 saturated carbocycles. The van der Waals surface area contributed by atoms with Crippen molar-refractivity contribution >= 4 is 23.4 Å². The zero-order valence-electron chi connectivity index (χ0n) is 20.1. The molecule has 0 bridgehead atoms. The fourth-order valence-corrected chi connectivity index (χ4v) is 6.06. The van der Waals surface area contributed by atoms with E-state index in [-0.39, 0.29) is 24.0 Å². The standard InChI is InChI=1S/C28H30ClN3O4/c1-17-9-12-24(27(33)30-17)32-14-18-13-19(10-11-21(18)28(32)34)35-26-8-4-6-23(26)31-15-20(16-31)36-25-7-3-2-5-22(25)29/h2-3,5,7,10-11,13,20,23-24,26H,1,4,6,8-9,12,14-16H2,(H,30,33)/t23-,24?,26+/m0/s1. The zero-order chi connectivity index (χ0) is 24.8. The SMILES string of the molecule is C=C1CCC(N2Cc3cc(O[C@@H]4CCC[C@@H]4N4CC(Oc5ccccc5Cl)C4)ccc3C2=O)C(=O)N1.